The second kappa shape index (κ2) is 9.17. The first-order valence-electron chi connectivity index (χ1n) is 5.88. The lowest BCUT2D eigenvalue weighted by Crippen LogP contribution is -2.34. The van der Waals surface area contributed by atoms with Crippen LogP contribution in [0.5, 0.6) is 0 Å². The highest BCUT2D eigenvalue weighted by Gasteiger charge is 2.20. The van der Waals surface area contributed by atoms with Crippen molar-refractivity contribution in [2.24, 2.45) is 11.8 Å². The van der Waals surface area contributed by atoms with E-state index in [1.54, 1.807) is 0 Å². The minimum atomic E-state index is -0.560. The molecule has 0 aromatic rings. The molecule has 1 unspecified atom stereocenters. The number of ether oxygens (including phenoxy) is 1. The van der Waals surface area contributed by atoms with Gasteiger partial charge in [-0.05, 0) is 12.3 Å². The summed E-state index contributed by atoms with van der Waals surface area (Å²) in [7, 11) is 0. The van der Waals surface area contributed by atoms with Crippen molar-refractivity contribution in [3.05, 3.63) is 0 Å². The molecule has 1 atom stereocenters. The van der Waals surface area contributed by atoms with Gasteiger partial charge < -0.3 is 10.1 Å². The van der Waals surface area contributed by atoms with E-state index in [4.69, 9.17) is 10.00 Å². The Hall–Kier alpha value is -1.08. The number of hydrogen-bond donors (Lipinski definition) is 1. The zero-order chi connectivity index (χ0) is 12.4. The Morgan fingerprint density at radius 1 is 1.44 bits per heavy atom. The van der Waals surface area contributed by atoms with Gasteiger partial charge in [0.25, 0.3) is 0 Å². The molecule has 0 aromatic heterocycles. The van der Waals surface area contributed by atoms with Gasteiger partial charge in [-0.25, -0.2) is 0 Å². The maximum atomic E-state index is 11.5. The first-order valence-corrected chi connectivity index (χ1v) is 5.88. The van der Waals surface area contributed by atoms with E-state index in [1.807, 2.05) is 19.9 Å². The van der Waals surface area contributed by atoms with Gasteiger partial charge in [-0.2, -0.15) is 5.26 Å². The normalized spacial score (nSPS) is 12.2. The molecule has 92 valence electrons. The molecule has 1 amide bonds. The summed E-state index contributed by atoms with van der Waals surface area (Å²) in [6, 6.07) is 2.01. The Labute approximate surface area is 98.0 Å². The van der Waals surface area contributed by atoms with E-state index in [0.717, 1.165) is 19.4 Å². The first-order chi connectivity index (χ1) is 7.63. The number of rotatable bonds is 8. The topological polar surface area (TPSA) is 62.1 Å². The number of amides is 1. The Morgan fingerprint density at radius 2 is 2.12 bits per heavy atom. The maximum absolute atomic E-state index is 11.5. The molecule has 0 aliphatic carbocycles. The van der Waals surface area contributed by atoms with Gasteiger partial charge in [0.2, 0.25) is 5.91 Å². The van der Waals surface area contributed by atoms with Crippen molar-refractivity contribution in [2.45, 2.75) is 33.6 Å². The average Bonchev–Trinajstić information content (AvgIpc) is 2.23. The van der Waals surface area contributed by atoms with Crippen LogP contribution in [0.2, 0.25) is 0 Å². The lowest BCUT2D eigenvalue weighted by molar-refractivity contribution is -0.124. The molecule has 0 aliphatic rings. The zero-order valence-electron chi connectivity index (χ0n) is 10.5. The van der Waals surface area contributed by atoms with Crippen LogP contribution >= 0.6 is 0 Å². The van der Waals surface area contributed by atoms with Gasteiger partial charge in [-0.1, -0.05) is 27.2 Å². The van der Waals surface area contributed by atoms with Gasteiger partial charge in [0.1, 0.15) is 5.92 Å². The van der Waals surface area contributed by atoms with Gasteiger partial charge in [-0.15, -0.1) is 0 Å². The van der Waals surface area contributed by atoms with Crippen LogP contribution < -0.4 is 5.32 Å². The molecule has 0 fully saturated rings. The van der Waals surface area contributed by atoms with E-state index >= 15 is 0 Å². The number of nitrogens with one attached hydrogen (secondary N) is 1. The number of carbonyl (C=O) groups excluding carboxylic acids is 1. The number of nitriles is 1. The van der Waals surface area contributed by atoms with Gasteiger partial charge in [0.05, 0.1) is 12.7 Å². The van der Waals surface area contributed by atoms with Crippen molar-refractivity contribution in [1.82, 2.24) is 5.32 Å². The van der Waals surface area contributed by atoms with Crippen molar-refractivity contribution >= 4 is 5.91 Å². The minimum absolute atomic E-state index is 0.0472. The maximum Gasteiger partial charge on any atom is 0.237 e. The van der Waals surface area contributed by atoms with Gasteiger partial charge in [-0.3, -0.25) is 4.79 Å². The molecule has 4 heteroatoms. The van der Waals surface area contributed by atoms with Crippen LogP contribution in [0.1, 0.15) is 33.6 Å². The number of nitrogens with zero attached hydrogens (tertiary/aromatic N) is 1. The molecule has 1 N–H and O–H groups in total. The Bertz CT molecular complexity index is 234. The van der Waals surface area contributed by atoms with Crippen molar-refractivity contribution in [3.8, 4) is 6.07 Å². The van der Waals surface area contributed by atoms with Crippen molar-refractivity contribution in [3.63, 3.8) is 0 Å². The highest BCUT2D eigenvalue weighted by atomic mass is 16.5. The summed E-state index contributed by atoms with van der Waals surface area (Å²) < 4.78 is 5.30. The Kier molecular flexibility index (Phi) is 8.55. The fourth-order valence-corrected chi connectivity index (χ4v) is 1.22. The van der Waals surface area contributed by atoms with E-state index in [9.17, 15) is 4.79 Å². The predicted octanol–water partition coefficient (Wildman–Crippen LogP) is 1.72. The highest BCUT2D eigenvalue weighted by Crippen LogP contribution is 2.08. The number of hydrogen-bond acceptors (Lipinski definition) is 3. The molecule has 0 aliphatic heterocycles. The molecule has 0 saturated carbocycles. The second-order valence-electron chi connectivity index (χ2n) is 4.11. The molecule has 0 bridgehead atoms. The van der Waals surface area contributed by atoms with E-state index < -0.39 is 5.92 Å². The number of carbonyl (C=O) groups is 1. The third-order valence-corrected chi connectivity index (χ3v) is 2.28. The first kappa shape index (κ1) is 14.9. The quantitative estimate of drug-likeness (QED) is 0.641. The third kappa shape index (κ3) is 6.41. The van der Waals surface area contributed by atoms with Gasteiger partial charge in [0.15, 0.2) is 0 Å². The van der Waals surface area contributed by atoms with Crippen LogP contribution in [0.15, 0.2) is 0 Å². The molecule has 0 spiro atoms. The van der Waals surface area contributed by atoms with E-state index in [0.29, 0.717) is 13.2 Å². The van der Waals surface area contributed by atoms with Crippen LogP contribution in [0.3, 0.4) is 0 Å². The molecule has 16 heavy (non-hydrogen) atoms. The van der Waals surface area contributed by atoms with Crippen LogP contribution in [0, 0.1) is 23.2 Å². The van der Waals surface area contributed by atoms with Crippen molar-refractivity contribution < 1.29 is 9.53 Å². The van der Waals surface area contributed by atoms with Crippen LogP contribution in [-0.4, -0.2) is 25.7 Å². The Morgan fingerprint density at radius 3 is 2.62 bits per heavy atom. The van der Waals surface area contributed by atoms with E-state index in [2.05, 4.69) is 12.2 Å². The Balaban J connectivity index is 3.61. The van der Waals surface area contributed by atoms with Crippen LogP contribution in [-0.2, 0) is 9.53 Å². The summed E-state index contributed by atoms with van der Waals surface area (Å²) in [4.78, 5) is 11.5. The standard InChI is InChI=1S/C12H22N2O2/c1-4-5-7-16-8-6-14-12(15)11(9-13)10(2)3/h10-11H,4-8H2,1-3H3,(H,14,15). The SMILES string of the molecule is CCCCOCCNC(=O)C(C#N)C(C)C. The van der Waals surface area contributed by atoms with Gasteiger partial charge >= 0.3 is 0 Å². The lowest BCUT2D eigenvalue weighted by Gasteiger charge is -2.12. The van der Waals surface area contributed by atoms with Crippen LogP contribution in [0.4, 0.5) is 0 Å². The summed E-state index contributed by atoms with van der Waals surface area (Å²) in [5.41, 5.74) is 0. The third-order valence-electron chi connectivity index (χ3n) is 2.28. The van der Waals surface area contributed by atoms with Crippen molar-refractivity contribution in [1.29, 1.82) is 5.26 Å². The second-order valence-corrected chi connectivity index (χ2v) is 4.11. The summed E-state index contributed by atoms with van der Waals surface area (Å²) in [5, 5.41) is 11.5. The summed E-state index contributed by atoms with van der Waals surface area (Å²) in [5.74, 6) is -0.710. The number of unbranched alkanes of at least 4 members (excludes halogenated alkanes) is 1. The lowest BCUT2D eigenvalue weighted by atomic mass is 9.97. The van der Waals surface area contributed by atoms with Crippen LogP contribution in [0.25, 0.3) is 0 Å². The fraction of sp³-hybridized carbons (Fsp3) is 0.833. The monoisotopic (exact) mass is 226 g/mol. The molecule has 4 nitrogen and oxygen atoms in total. The molecule has 0 radical (unpaired) electrons. The average molecular weight is 226 g/mol. The van der Waals surface area contributed by atoms with Gasteiger partial charge in [0, 0.05) is 13.2 Å². The molecular weight excluding hydrogens is 204 g/mol. The molecule has 0 aromatic carbocycles. The molecule has 0 saturated heterocycles. The predicted molar refractivity (Wildman–Crippen MR) is 62.7 cm³/mol. The van der Waals surface area contributed by atoms with E-state index in [1.165, 1.54) is 0 Å². The smallest absolute Gasteiger partial charge is 0.237 e. The largest absolute Gasteiger partial charge is 0.380 e. The van der Waals surface area contributed by atoms with Crippen molar-refractivity contribution in [2.75, 3.05) is 19.8 Å². The fourth-order valence-electron chi connectivity index (χ4n) is 1.22. The summed E-state index contributed by atoms with van der Waals surface area (Å²) in [6.45, 7) is 7.56. The highest BCUT2D eigenvalue weighted by molar-refractivity contribution is 5.81. The molecule has 0 heterocycles. The summed E-state index contributed by atoms with van der Waals surface area (Å²) >= 11 is 0. The molecule has 0 rings (SSSR count). The minimum Gasteiger partial charge on any atom is -0.380 e. The summed E-state index contributed by atoms with van der Waals surface area (Å²) in [6.07, 6.45) is 2.15. The molecular formula is C12H22N2O2. The zero-order valence-corrected chi connectivity index (χ0v) is 10.5. The van der Waals surface area contributed by atoms with E-state index in [-0.39, 0.29) is 11.8 Å².